The van der Waals surface area contributed by atoms with Gasteiger partial charge in [-0.15, -0.1) is 0 Å². The van der Waals surface area contributed by atoms with Gasteiger partial charge in [-0.25, -0.2) is 15.0 Å². The number of hydrogen-bond donors (Lipinski definition) is 0. The molecule has 0 aliphatic rings. The summed E-state index contributed by atoms with van der Waals surface area (Å²) < 4.78 is 2.35. The van der Waals surface area contributed by atoms with Gasteiger partial charge in [-0.05, 0) is 61.9 Å². The largest absolute Gasteiger partial charge is 0.309 e. The van der Waals surface area contributed by atoms with E-state index in [9.17, 15) is 0 Å². The van der Waals surface area contributed by atoms with Gasteiger partial charge in [0.1, 0.15) is 0 Å². The Balaban J connectivity index is 1.46. The molecule has 0 saturated carbocycles. The first-order valence-electron chi connectivity index (χ1n) is 15.1. The fourth-order valence-electron chi connectivity index (χ4n) is 6.06. The van der Waals surface area contributed by atoms with Crippen molar-refractivity contribution in [2.75, 3.05) is 0 Å². The molecule has 0 aliphatic carbocycles. The van der Waals surface area contributed by atoms with Crippen molar-refractivity contribution in [2.45, 2.75) is 13.8 Å². The van der Waals surface area contributed by atoms with E-state index in [1.165, 1.54) is 21.9 Å². The van der Waals surface area contributed by atoms with Gasteiger partial charge >= 0.3 is 0 Å². The smallest absolute Gasteiger partial charge is 0.166 e. The molecular weight excluding hydrogens is 550 g/mol. The molecule has 5 heteroatoms. The van der Waals surface area contributed by atoms with Crippen LogP contribution in [0.5, 0.6) is 0 Å². The summed E-state index contributed by atoms with van der Waals surface area (Å²) in [4.78, 5) is 19.6. The van der Waals surface area contributed by atoms with Crippen molar-refractivity contribution < 1.29 is 0 Å². The van der Waals surface area contributed by atoms with Crippen molar-refractivity contribution in [3.63, 3.8) is 0 Å². The van der Waals surface area contributed by atoms with Gasteiger partial charge in [0, 0.05) is 45.4 Å². The quantitative estimate of drug-likeness (QED) is 0.204. The van der Waals surface area contributed by atoms with E-state index >= 15 is 0 Å². The summed E-state index contributed by atoms with van der Waals surface area (Å²) in [5.74, 6) is 1.87. The molecule has 45 heavy (non-hydrogen) atoms. The Morgan fingerprint density at radius 3 is 1.58 bits per heavy atom. The minimum absolute atomic E-state index is 0.609. The van der Waals surface area contributed by atoms with Crippen LogP contribution in [-0.4, -0.2) is 24.5 Å². The number of hydrogen-bond acceptors (Lipinski definition) is 4. The van der Waals surface area contributed by atoms with Crippen molar-refractivity contribution in [3.8, 4) is 51.0 Å². The highest BCUT2D eigenvalue weighted by atomic mass is 15.1. The second-order valence-electron chi connectivity index (χ2n) is 11.4. The van der Waals surface area contributed by atoms with Crippen LogP contribution in [0.1, 0.15) is 11.1 Å². The van der Waals surface area contributed by atoms with Gasteiger partial charge in [-0.1, -0.05) is 96.1 Å². The van der Waals surface area contributed by atoms with Gasteiger partial charge in [-0.3, -0.25) is 4.98 Å². The van der Waals surface area contributed by atoms with Gasteiger partial charge < -0.3 is 4.57 Å². The third-order valence-corrected chi connectivity index (χ3v) is 8.25. The maximum atomic E-state index is 5.14. The van der Waals surface area contributed by atoms with Crippen LogP contribution in [0, 0.1) is 13.8 Å². The summed E-state index contributed by atoms with van der Waals surface area (Å²) in [5, 5.41) is 2.45. The molecule has 0 saturated heterocycles. The molecule has 8 rings (SSSR count). The normalized spacial score (nSPS) is 11.3. The lowest BCUT2D eigenvalue weighted by Gasteiger charge is -2.16. The molecule has 3 aromatic heterocycles. The molecule has 0 atom stereocenters. The Bertz CT molecular complexity index is 2210. The molecule has 0 radical (unpaired) electrons. The van der Waals surface area contributed by atoms with Crippen molar-refractivity contribution in [1.82, 2.24) is 24.5 Å². The second kappa shape index (κ2) is 11.0. The summed E-state index contributed by atoms with van der Waals surface area (Å²) >= 11 is 0. The molecule has 0 aliphatic heterocycles. The fraction of sp³-hybridized carbons (Fsp3) is 0.0500. The maximum Gasteiger partial charge on any atom is 0.166 e. The first kappa shape index (κ1) is 26.7. The van der Waals surface area contributed by atoms with E-state index in [2.05, 4.69) is 84.1 Å². The van der Waals surface area contributed by atoms with Crippen molar-refractivity contribution >= 4 is 21.8 Å². The predicted molar refractivity (Wildman–Crippen MR) is 183 cm³/mol. The minimum atomic E-state index is 0.609. The van der Waals surface area contributed by atoms with Crippen LogP contribution in [0.2, 0.25) is 0 Å². The number of aryl methyl sites for hydroxylation is 2. The number of benzene rings is 5. The number of nitrogens with zero attached hydrogens (tertiary/aromatic N) is 5. The third kappa shape index (κ3) is 4.85. The highest BCUT2D eigenvalue weighted by Crippen LogP contribution is 2.38. The average Bonchev–Trinajstić information content (AvgIpc) is 3.41. The fourth-order valence-corrected chi connectivity index (χ4v) is 6.06. The lowest BCUT2D eigenvalue weighted by Crippen LogP contribution is -2.04. The van der Waals surface area contributed by atoms with Crippen LogP contribution in [0.3, 0.4) is 0 Å². The number of fused-ring (bicyclic) bond motifs is 3. The molecule has 0 fully saturated rings. The Morgan fingerprint density at radius 1 is 0.467 bits per heavy atom. The molecular formula is C40H29N5. The molecule has 0 bridgehead atoms. The van der Waals surface area contributed by atoms with Crippen LogP contribution in [0.15, 0.2) is 140 Å². The van der Waals surface area contributed by atoms with E-state index in [-0.39, 0.29) is 0 Å². The van der Waals surface area contributed by atoms with Crippen molar-refractivity contribution in [3.05, 3.63) is 151 Å². The molecule has 8 aromatic rings. The zero-order valence-electron chi connectivity index (χ0n) is 25.0. The van der Waals surface area contributed by atoms with Crippen LogP contribution < -0.4 is 0 Å². The van der Waals surface area contributed by atoms with Crippen LogP contribution in [-0.2, 0) is 0 Å². The van der Waals surface area contributed by atoms with E-state index in [1.54, 1.807) is 6.20 Å². The Hall–Kier alpha value is -5.94. The van der Waals surface area contributed by atoms with Gasteiger partial charge in [-0.2, -0.15) is 0 Å². The summed E-state index contributed by atoms with van der Waals surface area (Å²) in [6.07, 6.45) is 3.69. The van der Waals surface area contributed by atoms with Gasteiger partial charge in [0.25, 0.3) is 0 Å². The summed E-state index contributed by atoms with van der Waals surface area (Å²) in [7, 11) is 0. The second-order valence-corrected chi connectivity index (χ2v) is 11.4. The maximum absolute atomic E-state index is 5.14. The summed E-state index contributed by atoms with van der Waals surface area (Å²) in [5.41, 5.74) is 10.6. The van der Waals surface area contributed by atoms with E-state index in [0.29, 0.717) is 17.5 Å². The predicted octanol–water partition coefficient (Wildman–Crippen LogP) is 9.65. The van der Waals surface area contributed by atoms with E-state index in [4.69, 9.17) is 15.0 Å². The molecule has 5 aromatic carbocycles. The molecule has 0 unspecified atom stereocenters. The molecule has 5 nitrogen and oxygen atoms in total. The van der Waals surface area contributed by atoms with E-state index in [1.807, 2.05) is 72.9 Å². The summed E-state index contributed by atoms with van der Waals surface area (Å²) in [6.45, 7) is 4.29. The monoisotopic (exact) mass is 579 g/mol. The molecule has 0 N–H and O–H groups in total. The van der Waals surface area contributed by atoms with Crippen molar-refractivity contribution in [1.29, 1.82) is 0 Å². The van der Waals surface area contributed by atoms with E-state index in [0.717, 1.165) is 44.5 Å². The lowest BCUT2D eigenvalue weighted by molar-refractivity contribution is 1.06. The molecule has 3 heterocycles. The zero-order valence-corrected chi connectivity index (χ0v) is 25.0. The Kier molecular flexibility index (Phi) is 6.50. The first-order chi connectivity index (χ1) is 22.1. The third-order valence-electron chi connectivity index (χ3n) is 8.25. The minimum Gasteiger partial charge on any atom is -0.309 e. The summed E-state index contributed by atoms with van der Waals surface area (Å²) in [6, 6.07) is 44.1. The zero-order chi connectivity index (χ0) is 30.3. The number of aromatic nitrogens is 5. The topological polar surface area (TPSA) is 56.5 Å². The number of rotatable bonds is 5. The SMILES string of the molecule is Cc1ccc2c(c1)c1cc(C)ccc1n2-c1ccc(-c2cccnc2)cc1-c1nc(-c2ccccc2)nc(-c2ccccc2)n1. The average molecular weight is 580 g/mol. The molecule has 0 amide bonds. The molecule has 214 valence electrons. The van der Waals surface area contributed by atoms with E-state index < -0.39 is 0 Å². The van der Waals surface area contributed by atoms with Crippen LogP contribution in [0.4, 0.5) is 0 Å². The van der Waals surface area contributed by atoms with Crippen LogP contribution in [0.25, 0.3) is 72.8 Å². The van der Waals surface area contributed by atoms with Gasteiger partial charge in [0.15, 0.2) is 17.5 Å². The highest BCUT2D eigenvalue weighted by molar-refractivity contribution is 6.10. The van der Waals surface area contributed by atoms with Crippen molar-refractivity contribution in [2.24, 2.45) is 0 Å². The Morgan fingerprint density at radius 2 is 1.02 bits per heavy atom. The number of pyridine rings is 1. The van der Waals surface area contributed by atoms with Gasteiger partial charge in [0.2, 0.25) is 0 Å². The standard InChI is InChI=1S/C40H29N5/c1-26-15-18-35-32(22-26)33-23-27(2)16-19-36(33)45(35)37-20-17-30(31-14-9-21-41-25-31)24-34(37)40-43-38(28-10-5-3-6-11-28)42-39(44-40)29-12-7-4-8-13-29/h3-25H,1-2H3. The molecule has 0 spiro atoms. The highest BCUT2D eigenvalue weighted by Gasteiger charge is 2.20. The van der Waals surface area contributed by atoms with Crippen LogP contribution >= 0.6 is 0 Å². The lowest BCUT2D eigenvalue weighted by atomic mass is 10.0. The Labute approximate surface area is 261 Å². The van der Waals surface area contributed by atoms with Gasteiger partial charge in [0.05, 0.1) is 16.7 Å². The first-order valence-corrected chi connectivity index (χ1v) is 15.1.